The summed E-state index contributed by atoms with van der Waals surface area (Å²) < 4.78 is 1.68. The third-order valence-electron chi connectivity index (χ3n) is 3.97. The van der Waals surface area contributed by atoms with Crippen molar-refractivity contribution in [3.05, 3.63) is 41.9 Å². The Morgan fingerprint density at radius 3 is 2.38 bits per heavy atom. The highest BCUT2D eigenvalue weighted by atomic mass is 35.5. The number of hydrogen-bond donors (Lipinski definition) is 2. The Labute approximate surface area is 167 Å². The number of nitrogens with zero attached hydrogens (tertiary/aromatic N) is 4. The molecule has 1 unspecified atom stereocenters. The third-order valence-corrected chi connectivity index (χ3v) is 3.97. The number of hydrogen-bond acceptors (Lipinski definition) is 5. The minimum Gasteiger partial charge on any atom is -0.357 e. The SMILES string of the molecule is CCN(CC)c1ccc(CNC(=O)C(NC)c2cnn(C)c2)cn1.Cl.Cl. The molecule has 0 fully saturated rings. The van der Waals surface area contributed by atoms with Crippen LogP contribution in [0.3, 0.4) is 0 Å². The van der Waals surface area contributed by atoms with Crippen LogP contribution in [0.2, 0.25) is 0 Å². The Morgan fingerprint density at radius 1 is 1.23 bits per heavy atom. The van der Waals surface area contributed by atoms with Crippen LogP contribution in [-0.4, -0.2) is 40.8 Å². The second kappa shape index (κ2) is 11.7. The van der Waals surface area contributed by atoms with Crippen LogP contribution in [0.5, 0.6) is 0 Å². The highest BCUT2D eigenvalue weighted by Gasteiger charge is 2.19. The summed E-state index contributed by atoms with van der Waals surface area (Å²) >= 11 is 0. The molecule has 7 nitrogen and oxygen atoms in total. The van der Waals surface area contributed by atoms with Crippen LogP contribution in [0.1, 0.15) is 31.0 Å². The van der Waals surface area contributed by atoms with Crippen LogP contribution in [0.4, 0.5) is 5.82 Å². The van der Waals surface area contributed by atoms with Gasteiger partial charge in [0.2, 0.25) is 5.91 Å². The lowest BCUT2D eigenvalue weighted by molar-refractivity contribution is -0.123. The Morgan fingerprint density at radius 2 is 1.92 bits per heavy atom. The average molecular weight is 403 g/mol. The van der Waals surface area contributed by atoms with Crippen molar-refractivity contribution in [3.8, 4) is 0 Å². The highest BCUT2D eigenvalue weighted by Crippen LogP contribution is 2.13. The van der Waals surface area contributed by atoms with Gasteiger partial charge in [0.25, 0.3) is 0 Å². The van der Waals surface area contributed by atoms with Gasteiger partial charge >= 0.3 is 0 Å². The number of rotatable bonds is 8. The Hall–Kier alpha value is -1.83. The second-order valence-electron chi connectivity index (χ2n) is 5.58. The molecule has 0 aliphatic carbocycles. The summed E-state index contributed by atoms with van der Waals surface area (Å²) in [5.74, 6) is 0.872. The van der Waals surface area contributed by atoms with Crippen LogP contribution >= 0.6 is 24.8 Å². The van der Waals surface area contributed by atoms with Crippen LogP contribution in [0.15, 0.2) is 30.7 Å². The molecule has 1 amide bonds. The molecular weight excluding hydrogens is 375 g/mol. The van der Waals surface area contributed by atoms with Crippen molar-refractivity contribution < 1.29 is 4.79 Å². The minimum absolute atomic E-state index is 0. The molecule has 2 aromatic rings. The quantitative estimate of drug-likeness (QED) is 0.706. The van der Waals surface area contributed by atoms with E-state index in [-0.39, 0.29) is 30.7 Å². The first-order chi connectivity index (χ1) is 11.6. The Kier molecular flexibility index (Phi) is 10.9. The van der Waals surface area contributed by atoms with Gasteiger partial charge in [-0.25, -0.2) is 4.98 Å². The summed E-state index contributed by atoms with van der Waals surface area (Å²) in [4.78, 5) is 19.0. The van der Waals surface area contributed by atoms with Crippen molar-refractivity contribution in [2.24, 2.45) is 7.05 Å². The maximum absolute atomic E-state index is 12.4. The van der Waals surface area contributed by atoms with Crippen molar-refractivity contribution in [1.82, 2.24) is 25.4 Å². The fourth-order valence-corrected chi connectivity index (χ4v) is 2.59. The lowest BCUT2D eigenvalue weighted by atomic mass is 10.1. The van der Waals surface area contributed by atoms with Gasteiger partial charge in [0.05, 0.1) is 6.20 Å². The maximum atomic E-state index is 12.4. The third kappa shape index (κ3) is 6.16. The minimum atomic E-state index is -0.415. The van der Waals surface area contributed by atoms with E-state index < -0.39 is 6.04 Å². The van der Waals surface area contributed by atoms with E-state index in [0.29, 0.717) is 6.54 Å². The van der Waals surface area contributed by atoms with Crippen LogP contribution in [-0.2, 0) is 18.4 Å². The van der Waals surface area contributed by atoms with Crippen molar-refractivity contribution in [2.45, 2.75) is 26.4 Å². The van der Waals surface area contributed by atoms with Crippen LogP contribution in [0, 0.1) is 0 Å². The molecule has 0 radical (unpaired) electrons. The summed E-state index contributed by atoms with van der Waals surface area (Å²) in [7, 11) is 3.59. The molecule has 0 saturated carbocycles. The topological polar surface area (TPSA) is 75.1 Å². The maximum Gasteiger partial charge on any atom is 0.242 e. The number of likely N-dealkylation sites (N-methyl/N-ethyl adjacent to an activating group) is 1. The van der Waals surface area contributed by atoms with Crippen molar-refractivity contribution in [1.29, 1.82) is 0 Å². The molecular formula is C17H28Cl2N6O. The van der Waals surface area contributed by atoms with E-state index >= 15 is 0 Å². The van der Waals surface area contributed by atoms with Crippen LogP contribution < -0.4 is 15.5 Å². The van der Waals surface area contributed by atoms with Gasteiger partial charge in [-0.15, -0.1) is 24.8 Å². The summed E-state index contributed by atoms with van der Waals surface area (Å²) in [5, 5.41) is 10.1. The molecule has 0 bridgehead atoms. The van der Waals surface area contributed by atoms with E-state index in [4.69, 9.17) is 0 Å². The van der Waals surface area contributed by atoms with E-state index in [1.54, 1.807) is 17.9 Å². The first-order valence-electron chi connectivity index (χ1n) is 8.22. The first kappa shape index (κ1) is 24.2. The van der Waals surface area contributed by atoms with Gasteiger partial charge in [0.1, 0.15) is 11.9 Å². The van der Waals surface area contributed by atoms with Crippen LogP contribution in [0.25, 0.3) is 0 Å². The number of carbonyl (C=O) groups is 1. The predicted octanol–water partition coefficient (Wildman–Crippen LogP) is 2.08. The highest BCUT2D eigenvalue weighted by molar-refractivity contribution is 5.85. The number of carbonyl (C=O) groups excluding carboxylic acids is 1. The standard InChI is InChI=1S/C17H26N6O.2ClH/c1-5-23(6-2)15-8-7-13(9-19-15)10-20-17(24)16(18-3)14-11-21-22(4)12-14;;/h7-9,11-12,16,18H,5-6,10H2,1-4H3,(H,20,24);2*1H. The lowest BCUT2D eigenvalue weighted by Gasteiger charge is -2.20. The van der Waals surface area contributed by atoms with Crippen molar-refractivity contribution in [3.63, 3.8) is 0 Å². The van der Waals surface area contributed by atoms with E-state index in [1.165, 1.54) is 0 Å². The molecule has 2 aromatic heterocycles. The molecule has 0 aliphatic rings. The number of amides is 1. The number of aryl methyl sites for hydroxylation is 1. The predicted molar refractivity (Wildman–Crippen MR) is 109 cm³/mol. The van der Waals surface area contributed by atoms with Gasteiger partial charge in [-0.1, -0.05) is 6.07 Å². The van der Waals surface area contributed by atoms with Gasteiger partial charge < -0.3 is 15.5 Å². The monoisotopic (exact) mass is 402 g/mol. The zero-order valence-corrected chi connectivity index (χ0v) is 17.2. The number of nitrogens with one attached hydrogen (secondary N) is 2. The van der Waals surface area contributed by atoms with Gasteiger partial charge in [0.15, 0.2) is 0 Å². The van der Waals surface area contributed by atoms with Gasteiger partial charge in [0, 0.05) is 44.6 Å². The smallest absolute Gasteiger partial charge is 0.242 e. The average Bonchev–Trinajstić information content (AvgIpc) is 3.02. The lowest BCUT2D eigenvalue weighted by Crippen LogP contribution is -2.35. The molecule has 2 rings (SSSR count). The summed E-state index contributed by atoms with van der Waals surface area (Å²) in [6, 6.07) is 3.58. The molecule has 2 N–H and O–H groups in total. The normalized spacial score (nSPS) is 11.1. The fraction of sp³-hybridized carbons (Fsp3) is 0.471. The Bertz CT molecular complexity index is 658. The molecule has 0 aromatic carbocycles. The van der Waals surface area contributed by atoms with Crippen molar-refractivity contribution >= 4 is 36.5 Å². The van der Waals surface area contributed by atoms with Gasteiger partial charge in [-0.2, -0.15) is 5.10 Å². The number of anilines is 1. The largest absolute Gasteiger partial charge is 0.357 e. The molecule has 9 heteroatoms. The second-order valence-corrected chi connectivity index (χ2v) is 5.58. The molecule has 2 heterocycles. The molecule has 0 aliphatic heterocycles. The fourth-order valence-electron chi connectivity index (χ4n) is 2.59. The van der Waals surface area contributed by atoms with E-state index in [9.17, 15) is 4.79 Å². The van der Waals surface area contributed by atoms with Gasteiger partial charge in [-0.05, 0) is 32.5 Å². The number of halogens is 2. The van der Waals surface area contributed by atoms with E-state index in [1.807, 2.05) is 31.6 Å². The molecule has 0 spiro atoms. The van der Waals surface area contributed by atoms with Gasteiger partial charge in [-0.3, -0.25) is 9.48 Å². The molecule has 0 saturated heterocycles. The zero-order chi connectivity index (χ0) is 17.5. The van der Waals surface area contributed by atoms with E-state index in [0.717, 1.165) is 30.0 Å². The molecule has 146 valence electrons. The molecule has 1 atom stereocenters. The van der Waals surface area contributed by atoms with Crippen molar-refractivity contribution in [2.75, 3.05) is 25.0 Å². The number of pyridine rings is 1. The number of aromatic nitrogens is 3. The van der Waals surface area contributed by atoms with E-state index in [2.05, 4.69) is 39.5 Å². The summed E-state index contributed by atoms with van der Waals surface area (Å²) in [6.45, 7) is 6.51. The molecule has 26 heavy (non-hydrogen) atoms. The Balaban J connectivity index is 0.00000312. The zero-order valence-electron chi connectivity index (χ0n) is 15.6. The summed E-state index contributed by atoms with van der Waals surface area (Å²) in [5.41, 5.74) is 1.81. The summed E-state index contributed by atoms with van der Waals surface area (Å²) in [6.07, 6.45) is 5.34. The first-order valence-corrected chi connectivity index (χ1v) is 8.22.